The van der Waals surface area contributed by atoms with Gasteiger partial charge >= 0.3 is 0 Å². The fourth-order valence-electron chi connectivity index (χ4n) is 3.20. The van der Waals surface area contributed by atoms with Crippen LogP contribution in [0.5, 0.6) is 11.5 Å². The molecule has 4 rings (SSSR count). The highest BCUT2D eigenvalue weighted by Gasteiger charge is 2.34. The van der Waals surface area contributed by atoms with Crippen LogP contribution in [0, 0.1) is 0 Å². The van der Waals surface area contributed by atoms with Crippen molar-refractivity contribution < 1.29 is 22.7 Å². The maximum atomic E-state index is 13.0. The Hall–Kier alpha value is -3.08. The zero-order valence-corrected chi connectivity index (χ0v) is 21.0. The van der Waals surface area contributed by atoms with Crippen LogP contribution in [0.1, 0.15) is 18.1 Å². The molecular weight excluding hydrogens is 492 g/mol. The maximum absolute atomic E-state index is 13.0. The molecule has 2 heterocycles. The van der Waals surface area contributed by atoms with Crippen molar-refractivity contribution in [2.75, 3.05) is 13.7 Å². The molecule has 0 radical (unpaired) electrons. The van der Waals surface area contributed by atoms with Gasteiger partial charge in [0.15, 0.2) is 16.7 Å². The molecule has 0 unspecified atom stereocenters. The summed E-state index contributed by atoms with van der Waals surface area (Å²) in [7, 11) is -2.32. The number of nitrogens with zero attached hydrogens (tertiary/aromatic N) is 2. The van der Waals surface area contributed by atoms with Crippen molar-refractivity contribution in [1.29, 1.82) is 0 Å². The number of ether oxygens (including phenoxy) is 2. The molecule has 3 aromatic rings. The van der Waals surface area contributed by atoms with Crippen LogP contribution < -0.4 is 9.47 Å². The average Bonchev–Trinajstić information content (AvgIpc) is 3.48. The summed E-state index contributed by atoms with van der Waals surface area (Å²) >= 11 is 2.12. The standard InChI is InChI=1S/C24H22N2O5S3/c1-3-26-23(27)21(33-24(26)25-34(28,29)22-10-7-13-32-22)15-18-11-12-19(30-2)20(14-18)31-16-17-8-5-4-6-9-17/h4-15H,3,16H2,1-2H3/b21-15-,25-24?. The van der Waals surface area contributed by atoms with Crippen molar-refractivity contribution in [3.8, 4) is 11.5 Å². The number of thiophene rings is 1. The topological polar surface area (TPSA) is 85.3 Å². The highest BCUT2D eigenvalue weighted by Crippen LogP contribution is 2.36. The van der Waals surface area contributed by atoms with Gasteiger partial charge in [0.05, 0.1) is 12.0 Å². The zero-order valence-electron chi connectivity index (χ0n) is 18.5. The van der Waals surface area contributed by atoms with E-state index in [0.717, 1.165) is 34.2 Å². The van der Waals surface area contributed by atoms with E-state index in [1.54, 1.807) is 43.7 Å². The van der Waals surface area contributed by atoms with Crippen molar-refractivity contribution in [3.05, 3.63) is 82.1 Å². The molecule has 0 aliphatic carbocycles. The van der Waals surface area contributed by atoms with E-state index in [4.69, 9.17) is 9.47 Å². The van der Waals surface area contributed by atoms with Crippen LogP contribution in [0.3, 0.4) is 0 Å². The van der Waals surface area contributed by atoms with Crippen LogP contribution in [-0.2, 0) is 21.4 Å². The van der Waals surface area contributed by atoms with Gasteiger partial charge in [-0.15, -0.1) is 15.7 Å². The van der Waals surface area contributed by atoms with Gasteiger partial charge in [0.25, 0.3) is 15.9 Å². The van der Waals surface area contributed by atoms with Crippen LogP contribution in [-0.4, -0.2) is 38.0 Å². The molecule has 1 amide bonds. The second kappa shape index (κ2) is 10.5. The zero-order chi connectivity index (χ0) is 24.1. The Labute approximate surface area is 206 Å². The van der Waals surface area contributed by atoms with E-state index >= 15 is 0 Å². The molecule has 34 heavy (non-hydrogen) atoms. The summed E-state index contributed by atoms with van der Waals surface area (Å²) in [6, 6.07) is 18.3. The van der Waals surface area contributed by atoms with Gasteiger partial charge in [0.1, 0.15) is 10.8 Å². The number of carbonyl (C=O) groups excluding carboxylic acids is 1. The molecule has 7 nitrogen and oxygen atoms in total. The highest BCUT2D eigenvalue weighted by atomic mass is 32.2. The largest absolute Gasteiger partial charge is 0.493 e. The lowest BCUT2D eigenvalue weighted by molar-refractivity contribution is -0.122. The first-order valence-electron chi connectivity index (χ1n) is 10.4. The molecule has 1 saturated heterocycles. The van der Waals surface area contributed by atoms with E-state index in [0.29, 0.717) is 29.6 Å². The summed E-state index contributed by atoms with van der Waals surface area (Å²) in [5, 5.41) is 1.81. The number of sulfonamides is 1. The normalized spacial score (nSPS) is 16.4. The monoisotopic (exact) mass is 514 g/mol. The lowest BCUT2D eigenvalue weighted by Crippen LogP contribution is -2.29. The van der Waals surface area contributed by atoms with Gasteiger partial charge in [0.2, 0.25) is 0 Å². The fourth-order valence-corrected chi connectivity index (χ4v) is 6.41. The number of likely N-dealkylation sites (N-methyl/N-ethyl adjacent to an activating group) is 1. The third kappa shape index (κ3) is 5.35. The van der Waals surface area contributed by atoms with E-state index in [-0.39, 0.29) is 15.3 Å². The molecule has 1 aromatic heterocycles. The minimum absolute atomic E-state index is 0.136. The fraction of sp³-hybridized carbons (Fsp3) is 0.167. The van der Waals surface area contributed by atoms with Crippen LogP contribution in [0.15, 0.2) is 79.6 Å². The summed E-state index contributed by atoms with van der Waals surface area (Å²) in [6.45, 7) is 2.44. The van der Waals surface area contributed by atoms with Gasteiger partial charge in [-0.05, 0) is 59.5 Å². The van der Waals surface area contributed by atoms with Gasteiger partial charge in [-0.2, -0.15) is 8.42 Å². The van der Waals surface area contributed by atoms with Gasteiger partial charge in [0, 0.05) is 6.54 Å². The predicted molar refractivity (Wildman–Crippen MR) is 136 cm³/mol. The van der Waals surface area contributed by atoms with Crippen molar-refractivity contribution in [3.63, 3.8) is 0 Å². The van der Waals surface area contributed by atoms with E-state index in [1.165, 1.54) is 11.0 Å². The average molecular weight is 515 g/mol. The molecule has 1 aliphatic rings. The van der Waals surface area contributed by atoms with Crippen LogP contribution in [0.25, 0.3) is 6.08 Å². The first-order valence-corrected chi connectivity index (χ1v) is 13.5. The molecule has 2 aromatic carbocycles. The number of rotatable bonds is 8. The third-order valence-electron chi connectivity index (χ3n) is 4.87. The predicted octanol–water partition coefficient (Wildman–Crippen LogP) is 5.02. The second-order valence-corrected chi connectivity index (χ2v) is 10.9. The minimum atomic E-state index is -3.88. The minimum Gasteiger partial charge on any atom is -0.493 e. The molecule has 0 N–H and O–H groups in total. The summed E-state index contributed by atoms with van der Waals surface area (Å²) < 4.78 is 40.7. The number of amidine groups is 1. The second-order valence-electron chi connectivity index (χ2n) is 7.13. The smallest absolute Gasteiger partial charge is 0.294 e. The Morgan fingerprint density at radius 3 is 2.53 bits per heavy atom. The van der Waals surface area contributed by atoms with E-state index in [9.17, 15) is 13.2 Å². The molecule has 0 spiro atoms. The maximum Gasteiger partial charge on any atom is 0.294 e. The molecular formula is C24H22N2O5S3. The first kappa shape index (κ1) is 24.1. The Balaban J connectivity index is 1.60. The van der Waals surface area contributed by atoms with Gasteiger partial charge in [-0.3, -0.25) is 9.69 Å². The number of hydrogen-bond acceptors (Lipinski definition) is 7. The Morgan fingerprint density at radius 1 is 1.06 bits per heavy atom. The van der Waals surface area contributed by atoms with E-state index in [2.05, 4.69) is 4.40 Å². The number of amides is 1. The third-order valence-corrected chi connectivity index (χ3v) is 8.64. The van der Waals surface area contributed by atoms with Crippen molar-refractivity contribution in [1.82, 2.24) is 4.90 Å². The van der Waals surface area contributed by atoms with Crippen LogP contribution in [0.4, 0.5) is 0 Å². The van der Waals surface area contributed by atoms with Crippen molar-refractivity contribution in [2.45, 2.75) is 17.7 Å². The summed E-state index contributed by atoms with van der Waals surface area (Å²) in [6.07, 6.45) is 1.70. The molecule has 1 fully saturated rings. The molecule has 0 atom stereocenters. The van der Waals surface area contributed by atoms with Crippen LogP contribution in [0.2, 0.25) is 0 Å². The van der Waals surface area contributed by atoms with E-state index in [1.807, 2.05) is 36.4 Å². The molecule has 176 valence electrons. The first-order chi connectivity index (χ1) is 16.4. The summed E-state index contributed by atoms with van der Waals surface area (Å²) in [5.74, 6) is 0.816. The summed E-state index contributed by atoms with van der Waals surface area (Å²) in [4.78, 5) is 14.7. The van der Waals surface area contributed by atoms with Crippen molar-refractivity contribution in [2.24, 2.45) is 4.40 Å². The number of hydrogen-bond donors (Lipinski definition) is 0. The number of carbonyl (C=O) groups is 1. The number of thioether (sulfide) groups is 1. The molecule has 10 heteroatoms. The lowest BCUT2D eigenvalue weighted by Gasteiger charge is -2.12. The molecule has 1 aliphatic heterocycles. The van der Waals surface area contributed by atoms with Gasteiger partial charge < -0.3 is 9.47 Å². The van der Waals surface area contributed by atoms with Crippen LogP contribution >= 0.6 is 23.1 Å². The Bertz CT molecular complexity index is 1330. The number of methoxy groups -OCH3 is 1. The lowest BCUT2D eigenvalue weighted by atomic mass is 10.1. The van der Waals surface area contributed by atoms with Crippen molar-refractivity contribution >= 4 is 50.3 Å². The highest BCUT2D eigenvalue weighted by molar-refractivity contribution is 8.19. The quantitative estimate of drug-likeness (QED) is 0.393. The van der Waals surface area contributed by atoms with E-state index < -0.39 is 10.0 Å². The van der Waals surface area contributed by atoms with Gasteiger partial charge in [-0.1, -0.05) is 42.5 Å². The molecule has 0 bridgehead atoms. The Morgan fingerprint density at radius 2 is 1.85 bits per heavy atom. The van der Waals surface area contributed by atoms with Gasteiger partial charge in [-0.25, -0.2) is 0 Å². The SMILES string of the molecule is CCN1C(=O)/C(=C/c2ccc(OC)c(OCc3ccccc3)c2)SC1=NS(=O)(=O)c1cccs1. The number of benzene rings is 2. The molecule has 0 saturated carbocycles. The Kier molecular flexibility index (Phi) is 7.40. The summed E-state index contributed by atoms with van der Waals surface area (Å²) in [5.41, 5.74) is 1.74.